The molecule has 0 aromatic rings. The lowest BCUT2D eigenvalue weighted by molar-refractivity contribution is 0.133. The Morgan fingerprint density at radius 2 is 1.71 bits per heavy atom. The van der Waals surface area contributed by atoms with Gasteiger partial charge in [-0.15, -0.1) is 0 Å². The molecule has 0 rings (SSSR count). The summed E-state index contributed by atoms with van der Waals surface area (Å²) in [6.45, 7) is 8.18. The molecule has 0 fully saturated rings. The van der Waals surface area contributed by atoms with Gasteiger partial charge < -0.3 is 14.8 Å². The van der Waals surface area contributed by atoms with Gasteiger partial charge in [0.05, 0.1) is 6.61 Å². The van der Waals surface area contributed by atoms with Crippen molar-refractivity contribution in [1.82, 2.24) is 5.32 Å². The van der Waals surface area contributed by atoms with Crippen LogP contribution in [0.5, 0.6) is 0 Å². The van der Waals surface area contributed by atoms with Crippen molar-refractivity contribution in [3.8, 4) is 0 Å². The summed E-state index contributed by atoms with van der Waals surface area (Å²) in [7, 11) is 3.48. The van der Waals surface area contributed by atoms with Crippen molar-refractivity contribution in [1.29, 1.82) is 0 Å². The first kappa shape index (κ1) is 13.9. The minimum Gasteiger partial charge on any atom is -0.385 e. The molecule has 2 atom stereocenters. The molecule has 0 radical (unpaired) electrons. The Hall–Kier alpha value is -0.120. The first-order chi connectivity index (χ1) is 6.61. The first-order valence-electron chi connectivity index (χ1n) is 5.35. The van der Waals surface area contributed by atoms with E-state index in [0.29, 0.717) is 18.0 Å². The highest BCUT2D eigenvalue weighted by Gasteiger charge is 2.15. The summed E-state index contributed by atoms with van der Waals surface area (Å²) in [4.78, 5) is 0. The molecule has 0 bridgehead atoms. The summed E-state index contributed by atoms with van der Waals surface area (Å²) in [6, 6.07) is 0.921. The summed E-state index contributed by atoms with van der Waals surface area (Å²) < 4.78 is 10.2. The van der Waals surface area contributed by atoms with Gasteiger partial charge >= 0.3 is 0 Å². The zero-order valence-corrected chi connectivity index (χ0v) is 10.2. The summed E-state index contributed by atoms with van der Waals surface area (Å²) in [5.74, 6) is 0.597. The van der Waals surface area contributed by atoms with Gasteiger partial charge in [-0.1, -0.05) is 13.8 Å². The number of hydrogen-bond acceptors (Lipinski definition) is 3. The second kappa shape index (κ2) is 8.21. The van der Waals surface area contributed by atoms with E-state index in [2.05, 4.69) is 26.1 Å². The molecule has 0 saturated heterocycles. The third kappa shape index (κ3) is 6.35. The highest BCUT2D eigenvalue weighted by Crippen LogP contribution is 2.04. The Balaban J connectivity index is 3.77. The van der Waals surface area contributed by atoms with Crippen LogP contribution in [0.4, 0.5) is 0 Å². The van der Waals surface area contributed by atoms with Crippen LogP contribution >= 0.6 is 0 Å². The molecule has 0 aliphatic carbocycles. The van der Waals surface area contributed by atoms with E-state index in [0.717, 1.165) is 19.6 Å². The van der Waals surface area contributed by atoms with Gasteiger partial charge in [0, 0.05) is 32.9 Å². The Labute approximate surface area is 88.2 Å². The zero-order chi connectivity index (χ0) is 11.0. The smallest absolute Gasteiger partial charge is 0.0618 e. The van der Waals surface area contributed by atoms with Crippen LogP contribution in [0.25, 0.3) is 0 Å². The van der Waals surface area contributed by atoms with Gasteiger partial charge in [-0.25, -0.2) is 0 Å². The molecule has 0 aromatic carbocycles. The standard InChI is InChI=1S/C11H25NO2/c1-9(2)11(8-14-5)12-10(3)6-7-13-4/h9-12H,6-8H2,1-5H3. The number of hydrogen-bond donors (Lipinski definition) is 1. The van der Waals surface area contributed by atoms with Crippen molar-refractivity contribution in [2.24, 2.45) is 5.92 Å². The Morgan fingerprint density at radius 3 is 2.14 bits per heavy atom. The maximum Gasteiger partial charge on any atom is 0.0618 e. The quantitative estimate of drug-likeness (QED) is 0.651. The fourth-order valence-corrected chi connectivity index (χ4v) is 1.36. The van der Waals surface area contributed by atoms with Crippen LogP contribution in [0.3, 0.4) is 0 Å². The molecule has 0 aliphatic heterocycles. The van der Waals surface area contributed by atoms with E-state index >= 15 is 0 Å². The lowest BCUT2D eigenvalue weighted by Gasteiger charge is -2.25. The average molecular weight is 203 g/mol. The van der Waals surface area contributed by atoms with Crippen molar-refractivity contribution >= 4 is 0 Å². The van der Waals surface area contributed by atoms with Crippen LogP contribution in [-0.4, -0.2) is 39.5 Å². The van der Waals surface area contributed by atoms with Crippen molar-refractivity contribution in [3.05, 3.63) is 0 Å². The lowest BCUT2D eigenvalue weighted by atomic mass is 10.0. The van der Waals surface area contributed by atoms with Gasteiger partial charge in [0.2, 0.25) is 0 Å². The van der Waals surface area contributed by atoms with E-state index < -0.39 is 0 Å². The van der Waals surface area contributed by atoms with Gasteiger partial charge in [0.1, 0.15) is 0 Å². The topological polar surface area (TPSA) is 30.5 Å². The molecular formula is C11H25NO2. The average Bonchev–Trinajstić information content (AvgIpc) is 2.14. The number of rotatable bonds is 8. The molecular weight excluding hydrogens is 178 g/mol. The van der Waals surface area contributed by atoms with Crippen molar-refractivity contribution in [2.45, 2.75) is 39.3 Å². The number of methoxy groups -OCH3 is 2. The van der Waals surface area contributed by atoms with E-state index in [1.807, 2.05) is 0 Å². The summed E-state index contributed by atoms with van der Waals surface area (Å²) in [5.41, 5.74) is 0. The lowest BCUT2D eigenvalue weighted by Crippen LogP contribution is -2.43. The SMILES string of the molecule is COCCC(C)NC(COC)C(C)C. The predicted octanol–water partition coefficient (Wildman–Crippen LogP) is 1.67. The summed E-state index contributed by atoms with van der Waals surface area (Å²) >= 11 is 0. The van der Waals surface area contributed by atoms with E-state index in [9.17, 15) is 0 Å². The van der Waals surface area contributed by atoms with Crippen LogP contribution < -0.4 is 5.32 Å². The highest BCUT2D eigenvalue weighted by atomic mass is 16.5. The second-order valence-corrected chi connectivity index (χ2v) is 4.16. The fourth-order valence-electron chi connectivity index (χ4n) is 1.36. The minimum absolute atomic E-state index is 0.437. The Morgan fingerprint density at radius 1 is 1.07 bits per heavy atom. The number of nitrogens with one attached hydrogen (secondary N) is 1. The minimum atomic E-state index is 0.437. The zero-order valence-electron chi connectivity index (χ0n) is 10.2. The second-order valence-electron chi connectivity index (χ2n) is 4.16. The number of ether oxygens (including phenoxy) is 2. The molecule has 1 N–H and O–H groups in total. The molecule has 0 saturated carbocycles. The first-order valence-corrected chi connectivity index (χ1v) is 5.35. The van der Waals surface area contributed by atoms with Gasteiger partial charge in [0.25, 0.3) is 0 Å². The van der Waals surface area contributed by atoms with Crippen molar-refractivity contribution in [3.63, 3.8) is 0 Å². The Bertz CT molecular complexity index is 128. The van der Waals surface area contributed by atoms with Crippen LogP contribution in [0.1, 0.15) is 27.2 Å². The van der Waals surface area contributed by atoms with Crippen molar-refractivity contribution < 1.29 is 9.47 Å². The van der Waals surface area contributed by atoms with Crippen LogP contribution in [0.15, 0.2) is 0 Å². The molecule has 86 valence electrons. The molecule has 14 heavy (non-hydrogen) atoms. The van der Waals surface area contributed by atoms with Crippen LogP contribution in [-0.2, 0) is 9.47 Å². The largest absolute Gasteiger partial charge is 0.385 e. The molecule has 3 nitrogen and oxygen atoms in total. The van der Waals surface area contributed by atoms with E-state index in [4.69, 9.17) is 9.47 Å². The maximum atomic E-state index is 5.18. The normalized spacial score (nSPS) is 15.9. The van der Waals surface area contributed by atoms with Gasteiger partial charge in [0.15, 0.2) is 0 Å². The van der Waals surface area contributed by atoms with Gasteiger partial charge in [-0.05, 0) is 19.3 Å². The third-order valence-electron chi connectivity index (χ3n) is 2.40. The molecule has 0 aliphatic rings. The summed E-state index contributed by atoms with van der Waals surface area (Å²) in [5, 5.41) is 3.55. The molecule has 0 heterocycles. The maximum absolute atomic E-state index is 5.18. The van der Waals surface area contributed by atoms with E-state index in [-0.39, 0.29) is 0 Å². The van der Waals surface area contributed by atoms with Gasteiger partial charge in [-0.3, -0.25) is 0 Å². The molecule has 0 aromatic heterocycles. The van der Waals surface area contributed by atoms with Crippen molar-refractivity contribution in [2.75, 3.05) is 27.4 Å². The molecule has 0 spiro atoms. The van der Waals surface area contributed by atoms with Crippen LogP contribution in [0.2, 0.25) is 0 Å². The molecule has 2 unspecified atom stereocenters. The summed E-state index contributed by atoms with van der Waals surface area (Å²) in [6.07, 6.45) is 1.05. The molecule has 3 heteroatoms. The van der Waals surface area contributed by atoms with E-state index in [1.165, 1.54) is 0 Å². The highest BCUT2D eigenvalue weighted by molar-refractivity contribution is 4.73. The molecule has 0 amide bonds. The fraction of sp³-hybridized carbons (Fsp3) is 1.00. The van der Waals surface area contributed by atoms with E-state index in [1.54, 1.807) is 14.2 Å². The third-order valence-corrected chi connectivity index (χ3v) is 2.40. The Kier molecular flexibility index (Phi) is 8.14. The predicted molar refractivity (Wildman–Crippen MR) is 59.6 cm³/mol. The van der Waals surface area contributed by atoms with Gasteiger partial charge in [-0.2, -0.15) is 0 Å². The van der Waals surface area contributed by atoms with Crippen LogP contribution in [0, 0.1) is 5.92 Å². The monoisotopic (exact) mass is 203 g/mol.